The second-order valence-corrected chi connectivity index (χ2v) is 10.4. The minimum atomic E-state index is -0.733. The third-order valence-electron chi connectivity index (χ3n) is 7.92. The molecule has 2 aliphatic carbocycles. The lowest BCUT2D eigenvalue weighted by Crippen LogP contribution is -2.13. The zero-order valence-electron chi connectivity index (χ0n) is 20.7. The highest BCUT2D eigenvalue weighted by molar-refractivity contribution is 5.52. The fraction of sp³-hybridized carbons (Fsp3) is 0.484. The van der Waals surface area contributed by atoms with Gasteiger partial charge in [0.15, 0.2) is 11.6 Å². The number of rotatable bonds is 8. The first kappa shape index (κ1) is 25.6. The molecule has 4 heteroatoms. The molecular formula is C31H37F3O. The Hall–Kier alpha value is -2.49. The topological polar surface area (TPSA) is 9.23 Å². The maximum Gasteiger partial charge on any atom is 0.166 e. The minimum Gasteiger partial charge on any atom is -0.493 e. The van der Waals surface area contributed by atoms with Gasteiger partial charge in [-0.15, -0.1) is 6.58 Å². The number of hydrogen-bond donors (Lipinski definition) is 0. The average molecular weight is 483 g/mol. The van der Waals surface area contributed by atoms with E-state index in [2.05, 4.69) is 13.5 Å². The zero-order valence-corrected chi connectivity index (χ0v) is 20.7. The molecule has 4 rings (SSSR count). The predicted octanol–water partition coefficient (Wildman–Crippen LogP) is 9.34. The van der Waals surface area contributed by atoms with Crippen LogP contribution in [0.1, 0.15) is 93.2 Å². The summed E-state index contributed by atoms with van der Waals surface area (Å²) in [4.78, 5) is 0. The van der Waals surface area contributed by atoms with Crippen molar-refractivity contribution in [1.29, 1.82) is 0 Å². The van der Waals surface area contributed by atoms with Gasteiger partial charge in [0.1, 0.15) is 11.6 Å². The zero-order chi connectivity index (χ0) is 24.8. The van der Waals surface area contributed by atoms with Crippen molar-refractivity contribution in [1.82, 2.24) is 0 Å². The molecule has 2 aromatic rings. The maximum atomic E-state index is 14.8. The Balaban J connectivity index is 1.33. The highest BCUT2D eigenvalue weighted by Gasteiger charge is 2.25. The van der Waals surface area contributed by atoms with Crippen molar-refractivity contribution < 1.29 is 17.9 Å². The van der Waals surface area contributed by atoms with Crippen molar-refractivity contribution in [3.63, 3.8) is 0 Å². The summed E-state index contributed by atoms with van der Waals surface area (Å²) >= 11 is 0. The van der Waals surface area contributed by atoms with E-state index >= 15 is 0 Å². The van der Waals surface area contributed by atoms with E-state index in [1.165, 1.54) is 6.07 Å². The summed E-state index contributed by atoms with van der Waals surface area (Å²) in [7, 11) is 0. The van der Waals surface area contributed by atoms with E-state index in [1.807, 2.05) is 18.2 Å². The molecule has 2 fully saturated rings. The number of hydrogen-bond acceptors (Lipinski definition) is 1. The second-order valence-electron chi connectivity index (χ2n) is 10.4. The van der Waals surface area contributed by atoms with E-state index in [0.717, 1.165) is 63.4 Å². The Morgan fingerprint density at radius 2 is 1.51 bits per heavy atom. The second kappa shape index (κ2) is 12.0. The van der Waals surface area contributed by atoms with E-state index in [1.54, 1.807) is 24.3 Å². The van der Waals surface area contributed by atoms with Crippen LogP contribution in [-0.2, 0) is 0 Å². The van der Waals surface area contributed by atoms with Crippen LogP contribution in [0.2, 0.25) is 0 Å². The van der Waals surface area contributed by atoms with Crippen molar-refractivity contribution in [3.8, 4) is 5.75 Å². The minimum absolute atomic E-state index is 0.127. The van der Waals surface area contributed by atoms with Gasteiger partial charge in [-0.25, -0.2) is 13.2 Å². The molecule has 0 saturated heterocycles. The molecule has 0 amide bonds. The lowest BCUT2D eigenvalue weighted by molar-refractivity contribution is 0.321. The van der Waals surface area contributed by atoms with E-state index in [4.69, 9.17) is 4.74 Å². The Morgan fingerprint density at radius 1 is 0.857 bits per heavy atom. The highest BCUT2D eigenvalue weighted by atomic mass is 19.2. The Morgan fingerprint density at radius 3 is 2.20 bits per heavy atom. The van der Waals surface area contributed by atoms with E-state index in [9.17, 15) is 13.2 Å². The molecule has 0 N–H and O–H groups in total. The van der Waals surface area contributed by atoms with Crippen LogP contribution >= 0.6 is 0 Å². The van der Waals surface area contributed by atoms with Gasteiger partial charge in [-0.3, -0.25) is 0 Å². The standard InChI is InChI=1S/C31H37F3O/c1-3-4-19-35-26-16-18-27(29(32)20-26)23-12-7-22(8-13-23)9-14-25-15-17-28(31(34)30(25)33)24-10-5-21(2)6-11-24/h3,9,14-18,20-24H,1,4-8,10-13,19H2,2H3/b14-9+. The highest BCUT2D eigenvalue weighted by Crippen LogP contribution is 2.39. The van der Waals surface area contributed by atoms with Gasteiger partial charge in [-0.2, -0.15) is 0 Å². The molecule has 0 aromatic heterocycles. The van der Waals surface area contributed by atoms with Gasteiger partial charge < -0.3 is 4.74 Å². The summed E-state index contributed by atoms with van der Waals surface area (Å²) in [6.45, 7) is 6.38. The van der Waals surface area contributed by atoms with Gasteiger partial charge in [-0.05, 0) is 85.8 Å². The summed E-state index contributed by atoms with van der Waals surface area (Å²) < 4.78 is 49.9. The van der Waals surface area contributed by atoms with Crippen LogP contribution in [0.4, 0.5) is 13.2 Å². The van der Waals surface area contributed by atoms with Crippen molar-refractivity contribution in [2.24, 2.45) is 11.8 Å². The van der Waals surface area contributed by atoms with Gasteiger partial charge in [0.25, 0.3) is 0 Å². The number of ether oxygens (including phenoxy) is 1. The van der Waals surface area contributed by atoms with Gasteiger partial charge in [0, 0.05) is 11.6 Å². The molecule has 0 atom stereocenters. The van der Waals surface area contributed by atoms with Gasteiger partial charge in [-0.1, -0.05) is 56.2 Å². The van der Waals surface area contributed by atoms with Gasteiger partial charge in [0.2, 0.25) is 0 Å². The van der Waals surface area contributed by atoms with Crippen molar-refractivity contribution in [2.75, 3.05) is 6.61 Å². The van der Waals surface area contributed by atoms with E-state index in [0.29, 0.717) is 29.4 Å². The number of benzene rings is 2. The molecule has 0 aliphatic heterocycles. The normalized spacial score (nSPS) is 25.0. The molecule has 0 unspecified atom stereocenters. The number of allylic oxidation sites excluding steroid dienone is 1. The molecule has 2 saturated carbocycles. The fourth-order valence-corrected chi connectivity index (χ4v) is 5.65. The molecule has 2 aliphatic rings. The van der Waals surface area contributed by atoms with E-state index < -0.39 is 11.6 Å². The van der Waals surface area contributed by atoms with Gasteiger partial charge in [0.05, 0.1) is 6.61 Å². The third kappa shape index (κ3) is 6.39. The molecule has 35 heavy (non-hydrogen) atoms. The lowest BCUT2D eigenvalue weighted by Gasteiger charge is -2.27. The Bertz CT molecular complexity index is 1030. The molecule has 0 heterocycles. The Kier molecular flexibility index (Phi) is 8.75. The quantitative estimate of drug-likeness (QED) is 0.269. The van der Waals surface area contributed by atoms with Crippen LogP contribution in [0.5, 0.6) is 5.75 Å². The summed E-state index contributed by atoms with van der Waals surface area (Å²) in [5.41, 5.74) is 1.59. The first-order chi connectivity index (χ1) is 17.0. The molecule has 188 valence electrons. The Labute approximate surface area is 208 Å². The van der Waals surface area contributed by atoms with Crippen molar-refractivity contribution in [2.45, 2.75) is 76.5 Å². The maximum absolute atomic E-state index is 14.8. The fourth-order valence-electron chi connectivity index (χ4n) is 5.65. The van der Waals surface area contributed by atoms with Crippen LogP contribution in [-0.4, -0.2) is 6.61 Å². The van der Waals surface area contributed by atoms with Crippen LogP contribution < -0.4 is 4.74 Å². The predicted molar refractivity (Wildman–Crippen MR) is 137 cm³/mol. The molecular weight excluding hydrogens is 445 g/mol. The van der Waals surface area contributed by atoms with Crippen molar-refractivity contribution >= 4 is 6.08 Å². The molecule has 0 bridgehead atoms. The average Bonchev–Trinajstić information content (AvgIpc) is 2.86. The molecule has 2 aromatic carbocycles. The molecule has 0 spiro atoms. The lowest BCUT2D eigenvalue weighted by atomic mass is 9.78. The van der Waals surface area contributed by atoms with Crippen LogP contribution in [0.25, 0.3) is 6.08 Å². The summed E-state index contributed by atoms with van der Waals surface area (Å²) in [6, 6.07) is 8.65. The first-order valence-electron chi connectivity index (χ1n) is 13.2. The number of halogens is 3. The summed E-state index contributed by atoms with van der Waals surface area (Å²) in [6.07, 6.45) is 13.8. The van der Waals surface area contributed by atoms with Crippen LogP contribution in [0, 0.1) is 29.3 Å². The third-order valence-corrected chi connectivity index (χ3v) is 7.92. The smallest absolute Gasteiger partial charge is 0.166 e. The SMILES string of the molecule is C=CCCOc1ccc(C2CCC(/C=C/c3ccc(C4CCC(C)CC4)c(F)c3F)CC2)c(F)c1. The molecule has 0 radical (unpaired) electrons. The van der Waals surface area contributed by atoms with Crippen molar-refractivity contribution in [3.05, 3.63) is 83.2 Å². The van der Waals surface area contributed by atoms with Crippen LogP contribution in [0.3, 0.4) is 0 Å². The largest absolute Gasteiger partial charge is 0.493 e. The monoisotopic (exact) mass is 482 g/mol. The molecule has 1 nitrogen and oxygen atoms in total. The van der Waals surface area contributed by atoms with Crippen LogP contribution in [0.15, 0.2) is 49.1 Å². The first-order valence-corrected chi connectivity index (χ1v) is 13.2. The van der Waals surface area contributed by atoms with E-state index in [-0.39, 0.29) is 23.6 Å². The summed E-state index contributed by atoms with van der Waals surface area (Å²) in [5, 5.41) is 0. The van der Waals surface area contributed by atoms with Gasteiger partial charge >= 0.3 is 0 Å². The summed E-state index contributed by atoms with van der Waals surface area (Å²) in [5.74, 6) is 0.182.